The number of fused-ring (bicyclic) bond motifs is 3. The van der Waals surface area contributed by atoms with E-state index in [-0.39, 0.29) is 17.4 Å². The van der Waals surface area contributed by atoms with E-state index in [4.69, 9.17) is 9.47 Å². The maximum atomic E-state index is 10.2. The van der Waals surface area contributed by atoms with Gasteiger partial charge in [-0.1, -0.05) is 44.9 Å². The second-order valence-electron chi connectivity index (χ2n) is 11.2. The van der Waals surface area contributed by atoms with Crippen LogP contribution in [0.1, 0.15) is 65.7 Å². The first-order valence-electron chi connectivity index (χ1n) is 11.7. The summed E-state index contributed by atoms with van der Waals surface area (Å²) in [6.07, 6.45) is 9.05. The molecule has 1 saturated heterocycles. The van der Waals surface area contributed by atoms with Crippen LogP contribution in [0, 0.1) is 28.1 Å². The first-order valence-corrected chi connectivity index (χ1v) is 11.7. The van der Waals surface area contributed by atoms with Crippen molar-refractivity contribution in [1.29, 1.82) is 0 Å². The summed E-state index contributed by atoms with van der Waals surface area (Å²) >= 11 is 0. The minimum atomic E-state index is -1.12. The minimum absolute atomic E-state index is 0.0819. The Morgan fingerprint density at radius 1 is 1.20 bits per heavy atom. The van der Waals surface area contributed by atoms with Crippen molar-refractivity contribution in [2.45, 2.75) is 90.3 Å². The summed E-state index contributed by atoms with van der Waals surface area (Å²) in [6.45, 7) is 11.4. The number of allylic oxidation sites excluding steroid dienone is 2. The molecule has 0 radical (unpaired) electrons. The van der Waals surface area contributed by atoms with Crippen LogP contribution in [0.2, 0.25) is 0 Å². The maximum Gasteiger partial charge on any atom is 0.186 e. The molecular weight excluding hydrogens is 380 g/mol. The predicted molar refractivity (Wildman–Crippen MR) is 116 cm³/mol. The van der Waals surface area contributed by atoms with Crippen LogP contribution in [0.4, 0.5) is 0 Å². The molecule has 4 aliphatic rings. The molecule has 0 aromatic heterocycles. The number of hydrogen-bond donors (Lipinski definition) is 3. The van der Waals surface area contributed by atoms with Gasteiger partial charge in [0, 0.05) is 5.41 Å². The molecule has 5 nitrogen and oxygen atoms in total. The Bertz CT molecular complexity index is 691. The van der Waals surface area contributed by atoms with Crippen molar-refractivity contribution in [3.8, 4) is 0 Å². The summed E-state index contributed by atoms with van der Waals surface area (Å²) in [4.78, 5) is 0. The highest BCUT2D eigenvalue weighted by atomic mass is 16.7. The summed E-state index contributed by atoms with van der Waals surface area (Å²) in [5.74, 6) is 1.28. The van der Waals surface area contributed by atoms with Gasteiger partial charge in [-0.15, -0.1) is 6.58 Å². The molecule has 1 heterocycles. The van der Waals surface area contributed by atoms with Crippen LogP contribution >= 0.6 is 0 Å². The molecule has 0 bridgehead atoms. The third-order valence-corrected chi connectivity index (χ3v) is 9.15. The second-order valence-corrected chi connectivity index (χ2v) is 11.2. The molecule has 5 heteroatoms. The number of aliphatic hydroxyl groups excluding tert-OH is 3. The molecule has 0 spiro atoms. The predicted octanol–water partition coefficient (Wildman–Crippen LogP) is 3.58. The van der Waals surface area contributed by atoms with E-state index in [0.29, 0.717) is 23.9 Å². The highest BCUT2D eigenvalue weighted by molar-refractivity contribution is 5.27. The summed E-state index contributed by atoms with van der Waals surface area (Å²) in [5.41, 5.74) is 2.04. The molecule has 170 valence electrons. The standard InChI is InChI=1S/C25H40O5/c1-5-23(2)11-12-25(4)16(13-23)8-9-17-18(25)7-6-10-24(17,3)15-29-22-21(28)20(27)19(14-26)30-22/h5,9,16,18-22,26-28H,1,6-8,10-15H2,2-4H3/t16-,18-,19+,20+,21+,22-,23-,24+,25-/m0/s1. The summed E-state index contributed by atoms with van der Waals surface area (Å²) in [5, 5.41) is 29.6. The fourth-order valence-electron chi connectivity index (χ4n) is 6.84. The molecule has 3 aliphatic carbocycles. The zero-order chi connectivity index (χ0) is 21.7. The highest BCUT2D eigenvalue weighted by Gasteiger charge is 2.54. The normalized spacial score (nSPS) is 51.1. The van der Waals surface area contributed by atoms with Crippen LogP contribution in [-0.2, 0) is 9.47 Å². The van der Waals surface area contributed by atoms with Crippen LogP contribution in [0.5, 0.6) is 0 Å². The molecule has 0 amide bonds. The van der Waals surface area contributed by atoms with Crippen molar-refractivity contribution in [2.75, 3.05) is 13.2 Å². The Balaban J connectivity index is 1.50. The van der Waals surface area contributed by atoms with E-state index in [0.717, 1.165) is 12.8 Å². The van der Waals surface area contributed by atoms with Crippen LogP contribution in [0.3, 0.4) is 0 Å². The van der Waals surface area contributed by atoms with Crippen molar-refractivity contribution in [1.82, 2.24) is 0 Å². The Morgan fingerprint density at radius 3 is 2.63 bits per heavy atom. The molecule has 3 fully saturated rings. The van der Waals surface area contributed by atoms with Gasteiger partial charge in [-0.25, -0.2) is 0 Å². The molecule has 0 unspecified atom stereocenters. The van der Waals surface area contributed by atoms with E-state index in [1.807, 2.05) is 0 Å². The van der Waals surface area contributed by atoms with Crippen LogP contribution < -0.4 is 0 Å². The zero-order valence-electron chi connectivity index (χ0n) is 18.8. The third-order valence-electron chi connectivity index (χ3n) is 9.15. The zero-order valence-corrected chi connectivity index (χ0v) is 18.8. The van der Waals surface area contributed by atoms with Gasteiger partial charge in [0.1, 0.15) is 18.3 Å². The van der Waals surface area contributed by atoms with Gasteiger partial charge in [-0.3, -0.25) is 0 Å². The number of aliphatic hydroxyl groups is 3. The maximum absolute atomic E-state index is 10.2. The van der Waals surface area contributed by atoms with E-state index in [1.165, 1.54) is 37.7 Å². The lowest BCUT2D eigenvalue weighted by atomic mass is 9.47. The van der Waals surface area contributed by atoms with Gasteiger partial charge in [0.15, 0.2) is 6.29 Å². The van der Waals surface area contributed by atoms with Gasteiger partial charge in [-0.2, -0.15) is 0 Å². The van der Waals surface area contributed by atoms with E-state index in [1.54, 1.807) is 0 Å². The summed E-state index contributed by atoms with van der Waals surface area (Å²) < 4.78 is 11.6. The van der Waals surface area contributed by atoms with E-state index < -0.39 is 24.6 Å². The van der Waals surface area contributed by atoms with E-state index in [2.05, 4.69) is 39.5 Å². The van der Waals surface area contributed by atoms with Crippen LogP contribution in [-0.4, -0.2) is 53.1 Å². The lowest BCUT2D eigenvalue weighted by molar-refractivity contribution is -0.184. The molecule has 30 heavy (non-hydrogen) atoms. The molecule has 1 aliphatic heterocycles. The van der Waals surface area contributed by atoms with Gasteiger partial charge in [0.05, 0.1) is 13.2 Å². The van der Waals surface area contributed by atoms with Gasteiger partial charge < -0.3 is 24.8 Å². The van der Waals surface area contributed by atoms with Gasteiger partial charge in [0.25, 0.3) is 0 Å². The lowest BCUT2D eigenvalue weighted by Crippen LogP contribution is -2.50. The monoisotopic (exact) mass is 420 g/mol. The topological polar surface area (TPSA) is 79.2 Å². The van der Waals surface area contributed by atoms with Gasteiger partial charge in [0.2, 0.25) is 0 Å². The third kappa shape index (κ3) is 3.61. The molecule has 9 atom stereocenters. The van der Waals surface area contributed by atoms with Crippen molar-refractivity contribution >= 4 is 0 Å². The Hall–Kier alpha value is -0.720. The largest absolute Gasteiger partial charge is 0.394 e. The minimum Gasteiger partial charge on any atom is -0.394 e. The molecule has 2 saturated carbocycles. The number of rotatable bonds is 5. The van der Waals surface area contributed by atoms with Crippen molar-refractivity contribution in [3.05, 3.63) is 24.3 Å². The molecule has 4 rings (SSSR count). The quantitative estimate of drug-likeness (QED) is 0.593. The van der Waals surface area contributed by atoms with Crippen LogP contribution in [0.25, 0.3) is 0 Å². The fourth-order valence-corrected chi connectivity index (χ4v) is 6.84. The first-order chi connectivity index (χ1) is 14.2. The smallest absolute Gasteiger partial charge is 0.186 e. The molecule has 0 aromatic rings. The summed E-state index contributed by atoms with van der Waals surface area (Å²) in [6, 6.07) is 0. The molecule has 0 aromatic carbocycles. The average molecular weight is 421 g/mol. The van der Waals surface area contributed by atoms with Gasteiger partial charge in [-0.05, 0) is 61.2 Å². The lowest BCUT2D eigenvalue weighted by Gasteiger charge is -2.58. The van der Waals surface area contributed by atoms with Crippen molar-refractivity contribution in [2.24, 2.45) is 28.1 Å². The number of hydrogen-bond acceptors (Lipinski definition) is 5. The Labute approximate surface area is 181 Å². The Kier molecular flexibility index (Phi) is 6.00. The van der Waals surface area contributed by atoms with Crippen LogP contribution in [0.15, 0.2) is 24.3 Å². The first kappa shape index (κ1) is 22.5. The Morgan fingerprint density at radius 2 is 1.97 bits per heavy atom. The average Bonchev–Trinajstić information content (AvgIpc) is 3.01. The van der Waals surface area contributed by atoms with E-state index >= 15 is 0 Å². The second kappa shape index (κ2) is 8.00. The van der Waals surface area contributed by atoms with Gasteiger partial charge >= 0.3 is 0 Å². The SMILES string of the molecule is C=C[C@@]1(C)CC[C@@]2(C)[C@@H](CC=C3[C@@H]2CCC[C@]3(C)CO[C@H]2O[C@H](CO)[C@@H](O)[C@H]2O)C1. The highest BCUT2D eigenvalue weighted by Crippen LogP contribution is 2.63. The number of ether oxygens (including phenoxy) is 2. The van der Waals surface area contributed by atoms with Crippen molar-refractivity contribution in [3.63, 3.8) is 0 Å². The fraction of sp³-hybridized carbons (Fsp3) is 0.840. The molecular formula is C25H40O5. The molecule has 3 N–H and O–H groups in total. The summed E-state index contributed by atoms with van der Waals surface area (Å²) in [7, 11) is 0. The van der Waals surface area contributed by atoms with E-state index in [9.17, 15) is 15.3 Å². The van der Waals surface area contributed by atoms with Crippen molar-refractivity contribution < 1.29 is 24.8 Å².